The van der Waals surface area contributed by atoms with Gasteiger partial charge in [-0.2, -0.15) is 0 Å². The van der Waals surface area contributed by atoms with Crippen LogP contribution in [0.1, 0.15) is 39.5 Å². The van der Waals surface area contributed by atoms with Gasteiger partial charge >= 0.3 is 0 Å². The summed E-state index contributed by atoms with van der Waals surface area (Å²) in [5.74, 6) is 5.03. The van der Waals surface area contributed by atoms with Crippen LogP contribution in [0, 0.1) is 0 Å². The van der Waals surface area contributed by atoms with Crippen molar-refractivity contribution >= 4 is 25.2 Å². The number of hydrogen-bond donors (Lipinski definition) is 0. The Balaban J connectivity index is 2.19. The van der Waals surface area contributed by atoms with Gasteiger partial charge in [-0.05, 0) is 18.5 Å². The maximum Gasteiger partial charge on any atom is 0.166 e. The van der Waals surface area contributed by atoms with E-state index in [0.29, 0.717) is 0 Å². The summed E-state index contributed by atoms with van der Waals surface area (Å²) in [7, 11) is -0.394. The average molecular weight is 336 g/mol. The SMILES string of the molecule is CCCCB(C=CP(c1ccccc1)c1ccccc1)CCCC. The third-order valence-corrected chi connectivity index (χ3v) is 6.61. The molecule has 0 saturated heterocycles. The molecule has 0 fully saturated rings. The molecule has 2 aromatic carbocycles. The van der Waals surface area contributed by atoms with E-state index in [-0.39, 0.29) is 0 Å². The molecule has 0 spiro atoms. The van der Waals surface area contributed by atoms with Crippen LogP contribution in [0.4, 0.5) is 0 Å². The van der Waals surface area contributed by atoms with E-state index in [2.05, 4.69) is 86.3 Å². The number of benzene rings is 2. The van der Waals surface area contributed by atoms with E-state index < -0.39 is 7.92 Å². The Bertz CT molecular complexity index is 532. The molecule has 0 radical (unpaired) electrons. The zero-order chi connectivity index (χ0) is 17.0. The van der Waals surface area contributed by atoms with Gasteiger partial charge in [-0.15, -0.1) is 5.98 Å². The van der Waals surface area contributed by atoms with Crippen molar-refractivity contribution in [1.82, 2.24) is 0 Å². The molecular weight excluding hydrogens is 306 g/mol. The maximum absolute atomic E-state index is 2.52. The Morgan fingerprint density at radius 2 is 1.21 bits per heavy atom. The molecule has 0 bridgehead atoms. The summed E-state index contributed by atoms with van der Waals surface area (Å²) in [6.07, 6.45) is 7.94. The molecule has 0 aliphatic heterocycles. The van der Waals surface area contributed by atoms with Gasteiger partial charge in [0, 0.05) is 0 Å². The minimum absolute atomic E-state index is 0.394. The van der Waals surface area contributed by atoms with Crippen LogP contribution in [0.3, 0.4) is 0 Å². The normalized spacial score (nSPS) is 11.3. The van der Waals surface area contributed by atoms with Gasteiger partial charge in [-0.3, -0.25) is 0 Å². The fourth-order valence-corrected chi connectivity index (χ4v) is 5.02. The number of rotatable bonds is 10. The summed E-state index contributed by atoms with van der Waals surface area (Å²) in [6, 6.07) is 22.0. The lowest BCUT2D eigenvalue weighted by atomic mass is 9.44. The summed E-state index contributed by atoms with van der Waals surface area (Å²) in [5.41, 5.74) is 0. The summed E-state index contributed by atoms with van der Waals surface area (Å²) >= 11 is 0. The van der Waals surface area contributed by atoms with Crippen molar-refractivity contribution in [2.75, 3.05) is 0 Å². The second-order valence-electron chi connectivity index (χ2n) is 6.43. The van der Waals surface area contributed by atoms with E-state index in [4.69, 9.17) is 0 Å². The quantitative estimate of drug-likeness (QED) is 0.354. The highest BCUT2D eigenvalue weighted by Gasteiger charge is 2.13. The Kier molecular flexibility index (Phi) is 8.92. The van der Waals surface area contributed by atoms with Crippen LogP contribution >= 0.6 is 7.92 Å². The average Bonchev–Trinajstić information content (AvgIpc) is 2.65. The molecule has 2 aromatic rings. The molecule has 2 rings (SSSR count). The summed E-state index contributed by atoms with van der Waals surface area (Å²) in [6.45, 7) is 5.32. The van der Waals surface area contributed by atoms with Crippen molar-refractivity contribution in [3.63, 3.8) is 0 Å². The molecule has 0 amide bonds. The third-order valence-electron chi connectivity index (χ3n) is 4.43. The predicted molar refractivity (Wildman–Crippen MR) is 113 cm³/mol. The van der Waals surface area contributed by atoms with Crippen molar-refractivity contribution in [2.45, 2.75) is 52.2 Å². The second-order valence-corrected chi connectivity index (χ2v) is 8.50. The fraction of sp³-hybridized carbons (Fsp3) is 0.364. The number of hydrogen-bond acceptors (Lipinski definition) is 0. The second kappa shape index (κ2) is 11.3. The Morgan fingerprint density at radius 1 is 0.750 bits per heavy atom. The van der Waals surface area contributed by atoms with Gasteiger partial charge < -0.3 is 0 Å². The molecule has 126 valence electrons. The van der Waals surface area contributed by atoms with Gasteiger partial charge in [-0.25, -0.2) is 0 Å². The van der Waals surface area contributed by atoms with Crippen molar-refractivity contribution < 1.29 is 0 Å². The van der Waals surface area contributed by atoms with Crippen LogP contribution in [0.2, 0.25) is 12.6 Å². The van der Waals surface area contributed by atoms with Gasteiger partial charge in [0.15, 0.2) is 6.71 Å². The van der Waals surface area contributed by atoms with Gasteiger partial charge in [0.1, 0.15) is 0 Å². The van der Waals surface area contributed by atoms with E-state index in [1.165, 1.54) is 48.9 Å². The topological polar surface area (TPSA) is 0 Å². The first-order valence-corrected chi connectivity index (χ1v) is 10.8. The van der Waals surface area contributed by atoms with Crippen molar-refractivity contribution in [3.8, 4) is 0 Å². The zero-order valence-electron chi connectivity index (χ0n) is 15.2. The van der Waals surface area contributed by atoms with Gasteiger partial charge in [0.2, 0.25) is 0 Å². The largest absolute Gasteiger partial charge is 0.166 e. The van der Waals surface area contributed by atoms with Crippen LogP contribution in [0.5, 0.6) is 0 Å². The van der Waals surface area contributed by atoms with Gasteiger partial charge in [-0.1, -0.05) is 119 Å². The monoisotopic (exact) mass is 336 g/mol. The lowest BCUT2D eigenvalue weighted by molar-refractivity contribution is 0.845. The van der Waals surface area contributed by atoms with Crippen LogP contribution in [0.25, 0.3) is 0 Å². The van der Waals surface area contributed by atoms with E-state index in [9.17, 15) is 0 Å². The van der Waals surface area contributed by atoms with Crippen LogP contribution in [0.15, 0.2) is 72.5 Å². The molecule has 0 aromatic heterocycles. The molecule has 24 heavy (non-hydrogen) atoms. The van der Waals surface area contributed by atoms with E-state index >= 15 is 0 Å². The molecule has 0 aliphatic carbocycles. The fourth-order valence-electron chi connectivity index (χ4n) is 2.98. The van der Waals surface area contributed by atoms with E-state index in [1.54, 1.807) is 0 Å². The molecule has 0 unspecified atom stereocenters. The minimum atomic E-state index is -0.394. The van der Waals surface area contributed by atoms with Crippen LogP contribution in [-0.4, -0.2) is 6.71 Å². The first kappa shape index (κ1) is 19.0. The standard InChI is InChI=1S/C22H30BP/c1-3-5-17-23(18-6-4-2)19-20-24(21-13-9-7-10-14-21)22-15-11-8-12-16-22/h7-16,19-20H,3-6,17-18H2,1-2H3. The summed E-state index contributed by atoms with van der Waals surface area (Å²) in [4.78, 5) is 0. The lowest BCUT2D eigenvalue weighted by Crippen LogP contribution is -2.12. The molecule has 0 atom stereocenters. The third kappa shape index (κ3) is 6.29. The Hall–Kier alpha value is -1.33. The highest BCUT2D eigenvalue weighted by atomic mass is 31.1. The summed E-state index contributed by atoms with van der Waals surface area (Å²) in [5, 5.41) is 2.89. The molecular formula is C22H30BP. The minimum Gasteiger partial charge on any atom is -0.114 e. The summed E-state index contributed by atoms with van der Waals surface area (Å²) < 4.78 is 0. The van der Waals surface area contributed by atoms with E-state index in [0.717, 1.165) is 6.71 Å². The van der Waals surface area contributed by atoms with Gasteiger partial charge in [0.05, 0.1) is 0 Å². The van der Waals surface area contributed by atoms with Crippen molar-refractivity contribution in [2.24, 2.45) is 0 Å². The first-order valence-electron chi connectivity index (χ1n) is 9.42. The molecule has 0 heterocycles. The lowest BCUT2D eigenvalue weighted by Gasteiger charge is -2.16. The highest BCUT2D eigenvalue weighted by molar-refractivity contribution is 7.75. The van der Waals surface area contributed by atoms with Crippen LogP contribution < -0.4 is 10.6 Å². The molecule has 2 heteroatoms. The molecule has 0 saturated carbocycles. The predicted octanol–water partition coefficient (Wildman–Crippen LogP) is 6.27. The molecule has 0 nitrogen and oxygen atoms in total. The first-order chi connectivity index (χ1) is 11.8. The maximum atomic E-state index is 2.52. The zero-order valence-corrected chi connectivity index (χ0v) is 16.1. The van der Waals surface area contributed by atoms with Gasteiger partial charge in [0.25, 0.3) is 0 Å². The Morgan fingerprint density at radius 3 is 1.62 bits per heavy atom. The number of unbranched alkanes of at least 4 members (excludes halogenated alkanes) is 2. The molecule has 0 N–H and O–H groups in total. The van der Waals surface area contributed by atoms with Crippen LogP contribution in [-0.2, 0) is 0 Å². The smallest absolute Gasteiger partial charge is 0.114 e. The van der Waals surface area contributed by atoms with Crippen molar-refractivity contribution in [1.29, 1.82) is 0 Å². The molecule has 0 aliphatic rings. The van der Waals surface area contributed by atoms with E-state index in [1.807, 2.05) is 0 Å². The van der Waals surface area contributed by atoms with Crippen molar-refractivity contribution in [3.05, 3.63) is 72.5 Å². The Labute approximate surface area is 150 Å². The highest BCUT2D eigenvalue weighted by Crippen LogP contribution is 2.35.